The lowest BCUT2D eigenvalue weighted by Gasteiger charge is -1.94. The van der Waals surface area contributed by atoms with E-state index in [-0.39, 0.29) is 0 Å². The Morgan fingerprint density at radius 2 is 2.11 bits per heavy atom. The van der Waals surface area contributed by atoms with E-state index in [1.807, 2.05) is 31.2 Å². The first kappa shape index (κ1) is 11.8. The first-order chi connectivity index (χ1) is 8.59. The van der Waals surface area contributed by atoms with Crippen molar-refractivity contribution >= 4 is 28.9 Å². The molecule has 2 rings (SSSR count). The molecule has 0 atom stereocenters. The largest absolute Gasteiger partial charge is 0.361 e. The number of primary amides is 1. The van der Waals surface area contributed by atoms with Crippen LogP contribution in [0, 0.1) is 6.92 Å². The summed E-state index contributed by atoms with van der Waals surface area (Å²) in [5.74, 6) is -2.01. The lowest BCUT2D eigenvalue weighted by atomic mass is 10.1. The van der Waals surface area contributed by atoms with E-state index in [0.29, 0.717) is 0 Å². The van der Waals surface area contributed by atoms with Crippen molar-refractivity contribution in [1.82, 2.24) is 10.4 Å². The number of rotatable bonds is 2. The smallest absolute Gasteiger partial charge is 0.329 e. The molecule has 2 amide bonds. The number of para-hydroxylation sites is 1. The molecule has 0 aliphatic heterocycles. The van der Waals surface area contributed by atoms with Gasteiger partial charge < -0.3 is 10.7 Å². The number of carbonyl (C=O) groups excluding carboxylic acids is 2. The second-order valence-corrected chi connectivity index (χ2v) is 3.77. The molecule has 0 bridgehead atoms. The fourth-order valence-corrected chi connectivity index (χ4v) is 1.68. The summed E-state index contributed by atoms with van der Waals surface area (Å²) in [6, 6.07) is 7.72. The minimum absolute atomic E-state index is 0.857. The molecule has 6 nitrogen and oxygen atoms in total. The number of hydrogen-bond acceptors (Lipinski definition) is 3. The van der Waals surface area contributed by atoms with Gasteiger partial charge in [-0.05, 0) is 13.0 Å². The van der Waals surface area contributed by atoms with Gasteiger partial charge in [-0.1, -0.05) is 18.2 Å². The zero-order valence-corrected chi connectivity index (χ0v) is 9.73. The molecule has 0 radical (unpaired) electrons. The lowest BCUT2D eigenvalue weighted by Crippen LogP contribution is -2.32. The summed E-state index contributed by atoms with van der Waals surface area (Å²) in [6.45, 7) is 1.90. The molecular formula is C12H12N4O2. The number of amides is 2. The molecular weight excluding hydrogens is 232 g/mol. The Morgan fingerprint density at radius 1 is 1.39 bits per heavy atom. The van der Waals surface area contributed by atoms with Crippen LogP contribution in [0.15, 0.2) is 29.4 Å². The number of nitrogens with zero attached hydrogens (tertiary/aromatic N) is 1. The zero-order chi connectivity index (χ0) is 13.1. The highest BCUT2D eigenvalue weighted by Crippen LogP contribution is 2.19. The highest BCUT2D eigenvalue weighted by Gasteiger charge is 2.07. The van der Waals surface area contributed by atoms with E-state index in [1.165, 1.54) is 6.21 Å². The second-order valence-electron chi connectivity index (χ2n) is 3.77. The van der Waals surface area contributed by atoms with Crippen molar-refractivity contribution in [2.75, 3.05) is 0 Å². The summed E-state index contributed by atoms with van der Waals surface area (Å²) >= 11 is 0. The van der Waals surface area contributed by atoms with Gasteiger partial charge in [0.2, 0.25) is 0 Å². The number of aromatic nitrogens is 1. The molecule has 6 heteroatoms. The van der Waals surface area contributed by atoms with E-state index < -0.39 is 11.8 Å². The third-order valence-electron chi connectivity index (χ3n) is 2.53. The number of carbonyl (C=O) groups is 2. The van der Waals surface area contributed by atoms with Crippen LogP contribution in [0.25, 0.3) is 10.9 Å². The Bertz CT molecular complexity index is 643. The Morgan fingerprint density at radius 3 is 2.83 bits per heavy atom. The Balaban J connectivity index is 2.26. The van der Waals surface area contributed by atoms with Crippen LogP contribution in [0.3, 0.4) is 0 Å². The molecule has 18 heavy (non-hydrogen) atoms. The van der Waals surface area contributed by atoms with Crippen molar-refractivity contribution in [1.29, 1.82) is 0 Å². The van der Waals surface area contributed by atoms with Crippen molar-refractivity contribution in [3.8, 4) is 0 Å². The van der Waals surface area contributed by atoms with Crippen LogP contribution in [-0.4, -0.2) is 23.0 Å². The van der Waals surface area contributed by atoms with Crippen LogP contribution >= 0.6 is 0 Å². The second kappa shape index (κ2) is 4.70. The van der Waals surface area contributed by atoms with Crippen LogP contribution in [0.5, 0.6) is 0 Å². The van der Waals surface area contributed by atoms with Crippen molar-refractivity contribution in [2.45, 2.75) is 6.92 Å². The molecule has 0 fully saturated rings. The van der Waals surface area contributed by atoms with E-state index in [0.717, 1.165) is 22.2 Å². The summed E-state index contributed by atoms with van der Waals surface area (Å²) in [5.41, 5.74) is 9.60. The molecule has 0 saturated carbocycles. The van der Waals surface area contributed by atoms with Crippen molar-refractivity contribution in [2.24, 2.45) is 10.8 Å². The zero-order valence-electron chi connectivity index (χ0n) is 9.73. The average Bonchev–Trinajstić information content (AvgIpc) is 2.65. The number of nitrogens with one attached hydrogen (secondary N) is 2. The number of aryl methyl sites for hydroxylation is 1. The molecule has 0 spiro atoms. The summed E-state index contributed by atoms with van der Waals surface area (Å²) in [6.07, 6.45) is 1.48. The number of nitrogens with two attached hydrogens (primary N) is 1. The molecule has 2 aromatic rings. The van der Waals surface area contributed by atoms with Gasteiger partial charge in [0, 0.05) is 22.2 Å². The number of hydrazone groups is 1. The van der Waals surface area contributed by atoms with Gasteiger partial charge in [0.1, 0.15) is 0 Å². The first-order valence-electron chi connectivity index (χ1n) is 5.29. The van der Waals surface area contributed by atoms with Crippen LogP contribution in [-0.2, 0) is 9.59 Å². The van der Waals surface area contributed by atoms with Gasteiger partial charge in [-0.3, -0.25) is 9.59 Å². The monoisotopic (exact) mass is 244 g/mol. The summed E-state index contributed by atoms with van der Waals surface area (Å²) in [5, 5.41) is 4.69. The van der Waals surface area contributed by atoms with Crippen molar-refractivity contribution in [3.63, 3.8) is 0 Å². The van der Waals surface area contributed by atoms with Gasteiger partial charge in [0.25, 0.3) is 0 Å². The molecule has 92 valence electrons. The van der Waals surface area contributed by atoms with Gasteiger partial charge in [-0.2, -0.15) is 5.10 Å². The van der Waals surface area contributed by atoms with E-state index >= 15 is 0 Å². The summed E-state index contributed by atoms with van der Waals surface area (Å²) in [7, 11) is 0. The standard InChI is InChI=1S/C12H12N4O2/c1-7-9(6-14-16-12(18)11(13)17)8-4-2-3-5-10(8)15-7/h2-6,15H,1H3,(H2,13,17)(H,16,18). The maximum absolute atomic E-state index is 10.9. The van der Waals surface area contributed by atoms with Gasteiger partial charge >= 0.3 is 11.8 Å². The highest BCUT2D eigenvalue weighted by molar-refractivity contribution is 6.34. The molecule has 0 unspecified atom stereocenters. The third kappa shape index (κ3) is 2.22. The van der Waals surface area contributed by atoms with E-state index in [4.69, 9.17) is 5.73 Å². The fourth-order valence-electron chi connectivity index (χ4n) is 1.68. The minimum atomic E-state index is -1.07. The number of benzene rings is 1. The molecule has 1 aromatic heterocycles. The van der Waals surface area contributed by atoms with E-state index in [2.05, 4.69) is 15.5 Å². The van der Waals surface area contributed by atoms with Gasteiger partial charge in [-0.25, -0.2) is 5.43 Å². The number of aromatic amines is 1. The SMILES string of the molecule is Cc1[nH]c2ccccc2c1C=NNC(=O)C(N)=O. The highest BCUT2D eigenvalue weighted by atomic mass is 16.2. The summed E-state index contributed by atoms with van der Waals surface area (Å²) < 4.78 is 0. The van der Waals surface area contributed by atoms with Crippen molar-refractivity contribution < 1.29 is 9.59 Å². The molecule has 0 saturated heterocycles. The van der Waals surface area contributed by atoms with Gasteiger partial charge in [-0.15, -0.1) is 0 Å². The molecule has 0 aliphatic rings. The number of H-pyrrole nitrogens is 1. The number of hydrogen-bond donors (Lipinski definition) is 3. The lowest BCUT2D eigenvalue weighted by molar-refractivity contribution is -0.137. The van der Waals surface area contributed by atoms with Crippen LogP contribution in [0.4, 0.5) is 0 Å². The van der Waals surface area contributed by atoms with E-state index in [9.17, 15) is 9.59 Å². The first-order valence-corrected chi connectivity index (χ1v) is 5.29. The molecule has 1 heterocycles. The molecule has 0 aliphatic carbocycles. The van der Waals surface area contributed by atoms with Gasteiger partial charge in [0.15, 0.2) is 0 Å². The Labute approximate surface area is 103 Å². The Hall–Kier alpha value is -2.63. The van der Waals surface area contributed by atoms with Crippen LogP contribution < -0.4 is 11.2 Å². The maximum Gasteiger partial charge on any atom is 0.329 e. The van der Waals surface area contributed by atoms with E-state index in [1.54, 1.807) is 0 Å². The van der Waals surface area contributed by atoms with Crippen LogP contribution in [0.1, 0.15) is 11.3 Å². The fraction of sp³-hybridized carbons (Fsp3) is 0.0833. The maximum atomic E-state index is 10.9. The van der Waals surface area contributed by atoms with Crippen molar-refractivity contribution in [3.05, 3.63) is 35.5 Å². The predicted octanol–water partition coefficient (Wildman–Crippen LogP) is 0.412. The minimum Gasteiger partial charge on any atom is -0.361 e. The molecule has 4 N–H and O–H groups in total. The molecule has 1 aromatic carbocycles. The quantitative estimate of drug-likeness (QED) is 0.405. The normalized spacial score (nSPS) is 10.9. The third-order valence-corrected chi connectivity index (χ3v) is 2.53. The summed E-state index contributed by atoms with van der Waals surface area (Å²) in [4.78, 5) is 24.6. The average molecular weight is 244 g/mol. The topological polar surface area (TPSA) is 100 Å². The van der Waals surface area contributed by atoms with Crippen LogP contribution in [0.2, 0.25) is 0 Å². The Kier molecular flexibility index (Phi) is 3.09. The predicted molar refractivity (Wildman–Crippen MR) is 68.0 cm³/mol. The number of fused-ring (bicyclic) bond motifs is 1. The van der Waals surface area contributed by atoms with Gasteiger partial charge in [0.05, 0.1) is 6.21 Å².